The van der Waals surface area contributed by atoms with Crippen molar-refractivity contribution < 1.29 is 0 Å². The molecule has 1 heteroatoms. The maximum atomic E-state index is 3.89. The molecule has 0 radical (unpaired) electrons. The topological polar surface area (TPSA) is 3.24 Å². The summed E-state index contributed by atoms with van der Waals surface area (Å²) in [7, 11) is 0. The van der Waals surface area contributed by atoms with Crippen molar-refractivity contribution in [3.05, 3.63) is 72.0 Å². The first kappa shape index (κ1) is 12.3. The summed E-state index contributed by atoms with van der Waals surface area (Å²) in [5.74, 6) is 6.41. The third-order valence-electron chi connectivity index (χ3n) is 3.11. The van der Waals surface area contributed by atoms with E-state index in [0.29, 0.717) is 0 Å². The van der Waals surface area contributed by atoms with Crippen molar-refractivity contribution >= 4 is 0 Å². The summed E-state index contributed by atoms with van der Waals surface area (Å²) in [4.78, 5) is 2.27. The minimum atomic E-state index is 0.861. The molecule has 0 spiro atoms. The molecule has 0 unspecified atom stereocenters. The quantitative estimate of drug-likeness (QED) is 0.725. The number of nitrogens with zero attached hydrogens (tertiary/aromatic N) is 1. The molecule has 0 fully saturated rings. The van der Waals surface area contributed by atoms with E-state index < -0.39 is 0 Å². The number of rotatable bonds is 3. The Labute approximate surface area is 109 Å². The van der Waals surface area contributed by atoms with Crippen molar-refractivity contribution in [3.8, 4) is 11.8 Å². The van der Waals surface area contributed by atoms with Crippen LogP contribution in [0.15, 0.2) is 60.8 Å². The second-order valence-corrected chi connectivity index (χ2v) is 4.13. The number of benzene rings is 1. The smallest absolute Gasteiger partial charge is 0.0522 e. The molecule has 1 aromatic rings. The van der Waals surface area contributed by atoms with Gasteiger partial charge in [-0.25, -0.2) is 0 Å². The van der Waals surface area contributed by atoms with Gasteiger partial charge in [0.1, 0.15) is 0 Å². The first-order valence-electron chi connectivity index (χ1n) is 6.14. The molecule has 0 saturated carbocycles. The van der Waals surface area contributed by atoms with E-state index in [0.717, 1.165) is 29.9 Å². The molecule has 1 aliphatic heterocycles. The monoisotopic (exact) mass is 235 g/mol. The fourth-order valence-electron chi connectivity index (χ4n) is 2.12. The van der Waals surface area contributed by atoms with E-state index in [-0.39, 0.29) is 0 Å². The predicted octanol–water partition coefficient (Wildman–Crippen LogP) is 3.50. The lowest BCUT2D eigenvalue weighted by molar-refractivity contribution is 0.364. The van der Waals surface area contributed by atoms with E-state index in [1.165, 1.54) is 5.56 Å². The molecule has 0 bridgehead atoms. The van der Waals surface area contributed by atoms with Gasteiger partial charge in [-0.15, -0.1) is 0 Å². The first-order valence-corrected chi connectivity index (χ1v) is 6.14. The van der Waals surface area contributed by atoms with Gasteiger partial charge in [0.2, 0.25) is 0 Å². The Morgan fingerprint density at radius 3 is 2.67 bits per heavy atom. The third kappa shape index (κ3) is 2.24. The van der Waals surface area contributed by atoms with Crippen molar-refractivity contribution in [2.24, 2.45) is 0 Å². The van der Waals surface area contributed by atoms with Gasteiger partial charge in [0.15, 0.2) is 0 Å². The molecule has 0 amide bonds. The number of allylic oxidation sites excluding steroid dienone is 3. The van der Waals surface area contributed by atoms with Crippen molar-refractivity contribution in [1.82, 2.24) is 4.90 Å². The molecule has 0 aromatic heterocycles. The van der Waals surface area contributed by atoms with Gasteiger partial charge in [-0.3, -0.25) is 0 Å². The highest BCUT2D eigenvalue weighted by atomic mass is 15.1. The summed E-state index contributed by atoms with van der Waals surface area (Å²) in [6, 6.07) is 8.28. The molecule has 2 rings (SSSR count). The Kier molecular flexibility index (Phi) is 3.69. The molecule has 1 aromatic carbocycles. The minimum absolute atomic E-state index is 0.861. The lowest BCUT2D eigenvalue weighted by Crippen LogP contribution is -2.23. The summed E-state index contributed by atoms with van der Waals surface area (Å²) in [5.41, 5.74) is 4.36. The van der Waals surface area contributed by atoms with Crippen LogP contribution in [0.25, 0.3) is 0 Å². The van der Waals surface area contributed by atoms with Crippen molar-refractivity contribution in [2.45, 2.75) is 13.5 Å². The summed E-state index contributed by atoms with van der Waals surface area (Å²) in [5, 5.41) is 0. The Balaban J connectivity index is 2.61. The zero-order valence-electron chi connectivity index (χ0n) is 10.7. The van der Waals surface area contributed by atoms with E-state index in [4.69, 9.17) is 0 Å². The highest BCUT2D eigenvalue weighted by Crippen LogP contribution is 2.20. The summed E-state index contributed by atoms with van der Waals surface area (Å²) in [6.45, 7) is 11.7. The lowest BCUT2D eigenvalue weighted by atomic mass is 10.0. The van der Waals surface area contributed by atoms with Gasteiger partial charge in [0.25, 0.3) is 0 Å². The van der Waals surface area contributed by atoms with Crippen LogP contribution < -0.4 is 0 Å². The van der Waals surface area contributed by atoms with Crippen LogP contribution in [0.4, 0.5) is 0 Å². The molecule has 0 aliphatic carbocycles. The van der Waals surface area contributed by atoms with Gasteiger partial charge in [-0.05, 0) is 24.6 Å². The van der Waals surface area contributed by atoms with Gasteiger partial charge >= 0.3 is 0 Å². The van der Waals surface area contributed by atoms with E-state index >= 15 is 0 Å². The molecule has 18 heavy (non-hydrogen) atoms. The Bertz CT molecular complexity index is 567. The molecule has 0 atom stereocenters. The van der Waals surface area contributed by atoms with Crippen molar-refractivity contribution in [3.63, 3.8) is 0 Å². The molecule has 1 nitrogen and oxygen atoms in total. The summed E-state index contributed by atoms with van der Waals surface area (Å²) in [6.07, 6.45) is 3.67. The van der Waals surface area contributed by atoms with Crippen LogP contribution in [0.3, 0.4) is 0 Å². The van der Waals surface area contributed by atoms with Crippen molar-refractivity contribution in [1.29, 1.82) is 0 Å². The van der Waals surface area contributed by atoms with Gasteiger partial charge in [0.05, 0.1) is 5.70 Å². The van der Waals surface area contributed by atoms with Crippen LogP contribution in [0.5, 0.6) is 0 Å². The average Bonchev–Trinajstić information content (AvgIpc) is 2.40. The van der Waals surface area contributed by atoms with E-state index in [2.05, 4.69) is 55.0 Å². The van der Waals surface area contributed by atoms with Crippen LogP contribution in [-0.2, 0) is 6.54 Å². The summed E-state index contributed by atoms with van der Waals surface area (Å²) < 4.78 is 0. The molecule has 0 saturated heterocycles. The van der Waals surface area contributed by atoms with Crippen LogP contribution in [-0.4, -0.2) is 11.4 Å². The minimum Gasteiger partial charge on any atom is -0.366 e. The Morgan fingerprint density at radius 2 is 2.00 bits per heavy atom. The van der Waals surface area contributed by atoms with Gasteiger partial charge in [-0.2, -0.15) is 0 Å². The molecular formula is C17H17N. The second kappa shape index (κ2) is 5.42. The lowest BCUT2D eigenvalue weighted by Gasteiger charge is -2.26. The average molecular weight is 235 g/mol. The highest BCUT2D eigenvalue weighted by Gasteiger charge is 2.12. The number of hydrogen-bond acceptors (Lipinski definition) is 1. The van der Waals surface area contributed by atoms with Gasteiger partial charge in [-0.1, -0.05) is 49.3 Å². The van der Waals surface area contributed by atoms with E-state index in [1.54, 1.807) is 6.08 Å². The standard InChI is InChI=1S/C17H17N/c1-4-14-11-12-15-9-7-8-10-16(15)13-18(6-3)17(14)5-2/h4-5,7-10H,1-2,6,13H2,3H3/b17-14-. The Hall–Kier alpha value is -2.20. The number of fused-ring (bicyclic) bond motifs is 1. The molecule has 1 heterocycles. The molecule has 0 N–H and O–H groups in total. The van der Waals surface area contributed by atoms with Crippen LogP contribution >= 0.6 is 0 Å². The zero-order valence-corrected chi connectivity index (χ0v) is 10.7. The normalized spacial score (nSPS) is 17.9. The maximum Gasteiger partial charge on any atom is 0.0522 e. The Morgan fingerprint density at radius 1 is 1.22 bits per heavy atom. The second-order valence-electron chi connectivity index (χ2n) is 4.13. The molecular weight excluding hydrogens is 218 g/mol. The van der Waals surface area contributed by atoms with Crippen LogP contribution in [0.1, 0.15) is 18.1 Å². The summed E-state index contributed by atoms with van der Waals surface area (Å²) >= 11 is 0. The highest BCUT2D eigenvalue weighted by molar-refractivity contribution is 5.52. The zero-order chi connectivity index (χ0) is 13.0. The molecule has 90 valence electrons. The van der Waals surface area contributed by atoms with Gasteiger partial charge < -0.3 is 4.90 Å². The van der Waals surface area contributed by atoms with Crippen LogP contribution in [0, 0.1) is 11.8 Å². The van der Waals surface area contributed by atoms with Gasteiger partial charge in [0, 0.05) is 24.2 Å². The van der Waals surface area contributed by atoms with E-state index in [1.807, 2.05) is 12.1 Å². The first-order chi connectivity index (χ1) is 8.80. The number of hydrogen-bond donors (Lipinski definition) is 0. The fourth-order valence-corrected chi connectivity index (χ4v) is 2.12. The SMILES string of the molecule is C=C/C1=C(\C=C)N(CC)Cc2ccccc2C#C1. The largest absolute Gasteiger partial charge is 0.366 e. The van der Waals surface area contributed by atoms with E-state index in [9.17, 15) is 0 Å². The number of likely N-dealkylation sites (N-methyl/N-ethyl adjacent to an activating group) is 1. The van der Waals surface area contributed by atoms with Crippen molar-refractivity contribution in [2.75, 3.05) is 6.54 Å². The maximum absolute atomic E-state index is 3.89. The fraction of sp³-hybridized carbons (Fsp3) is 0.176. The van der Waals surface area contributed by atoms with Crippen LogP contribution in [0.2, 0.25) is 0 Å². The third-order valence-corrected chi connectivity index (χ3v) is 3.11. The predicted molar refractivity (Wildman–Crippen MR) is 76.8 cm³/mol. The molecule has 1 aliphatic rings.